The molecule has 1 aromatic heterocycles. The van der Waals surface area contributed by atoms with Gasteiger partial charge in [-0.3, -0.25) is 4.98 Å². The average Bonchev–Trinajstić information content (AvgIpc) is 2.48. The summed E-state index contributed by atoms with van der Waals surface area (Å²) in [6.07, 6.45) is 0. The second kappa shape index (κ2) is 5.84. The van der Waals surface area contributed by atoms with E-state index in [1.54, 1.807) is 0 Å². The van der Waals surface area contributed by atoms with Gasteiger partial charge in [-0.2, -0.15) is 0 Å². The highest BCUT2D eigenvalue weighted by Crippen LogP contribution is 2.26. The molecule has 3 heteroatoms. The normalized spacial score (nSPS) is 12.5. The van der Waals surface area contributed by atoms with Gasteiger partial charge >= 0.3 is 0 Å². The van der Waals surface area contributed by atoms with Crippen LogP contribution in [0.15, 0.2) is 54.6 Å². The molecule has 0 aliphatic carbocycles. The first kappa shape index (κ1) is 14.1. The van der Waals surface area contributed by atoms with E-state index >= 15 is 0 Å². The van der Waals surface area contributed by atoms with Crippen LogP contribution in [0, 0.1) is 6.92 Å². The molecule has 3 aromatic rings. The minimum Gasteiger partial charge on any atom is -0.308 e. The Morgan fingerprint density at radius 2 is 1.86 bits per heavy atom. The van der Waals surface area contributed by atoms with Crippen LogP contribution in [0.4, 0.5) is 0 Å². The van der Waals surface area contributed by atoms with Crippen LogP contribution in [0.3, 0.4) is 0 Å². The molecule has 1 N–H and O–H groups in total. The van der Waals surface area contributed by atoms with Crippen LogP contribution in [0.1, 0.15) is 22.9 Å². The molecule has 1 heterocycles. The lowest BCUT2D eigenvalue weighted by molar-refractivity contribution is 0.673. The van der Waals surface area contributed by atoms with E-state index in [4.69, 9.17) is 16.6 Å². The van der Waals surface area contributed by atoms with E-state index in [0.717, 1.165) is 21.8 Å². The van der Waals surface area contributed by atoms with Gasteiger partial charge in [-0.15, -0.1) is 0 Å². The molecule has 2 aromatic carbocycles. The molecule has 0 amide bonds. The van der Waals surface area contributed by atoms with Gasteiger partial charge in [-0.1, -0.05) is 41.9 Å². The molecule has 0 spiro atoms. The molecule has 0 fully saturated rings. The number of fused-ring (bicyclic) bond motifs is 1. The first-order valence-corrected chi connectivity index (χ1v) is 7.36. The van der Waals surface area contributed by atoms with Gasteiger partial charge in [-0.05, 0) is 49.4 Å². The first-order valence-electron chi connectivity index (χ1n) is 6.98. The molecule has 0 bridgehead atoms. The van der Waals surface area contributed by atoms with Crippen molar-refractivity contribution in [1.82, 2.24) is 10.3 Å². The van der Waals surface area contributed by atoms with Crippen LogP contribution < -0.4 is 5.32 Å². The molecular weight excluding hydrogens is 280 g/mol. The van der Waals surface area contributed by atoms with Crippen molar-refractivity contribution in [2.75, 3.05) is 7.05 Å². The van der Waals surface area contributed by atoms with E-state index in [-0.39, 0.29) is 6.04 Å². The maximum absolute atomic E-state index is 6.11. The van der Waals surface area contributed by atoms with E-state index in [9.17, 15) is 0 Å². The number of benzene rings is 2. The number of halogens is 1. The average molecular weight is 297 g/mol. The third-order valence-corrected chi connectivity index (χ3v) is 3.94. The molecule has 0 saturated heterocycles. The topological polar surface area (TPSA) is 24.9 Å². The van der Waals surface area contributed by atoms with Crippen molar-refractivity contribution in [1.29, 1.82) is 0 Å². The van der Waals surface area contributed by atoms with Gasteiger partial charge < -0.3 is 5.32 Å². The Labute approximate surface area is 129 Å². The molecule has 106 valence electrons. The number of nitrogens with one attached hydrogen (secondary N) is 1. The number of rotatable bonds is 3. The van der Waals surface area contributed by atoms with Gasteiger partial charge in [0.15, 0.2) is 0 Å². The van der Waals surface area contributed by atoms with Gasteiger partial charge in [0.1, 0.15) is 0 Å². The van der Waals surface area contributed by atoms with Gasteiger partial charge in [0.25, 0.3) is 0 Å². The predicted molar refractivity (Wildman–Crippen MR) is 88.8 cm³/mol. The minimum absolute atomic E-state index is 0.0343. The van der Waals surface area contributed by atoms with Crippen molar-refractivity contribution >= 4 is 22.5 Å². The van der Waals surface area contributed by atoms with Crippen LogP contribution in [0.2, 0.25) is 5.02 Å². The predicted octanol–water partition coefficient (Wildman–Crippen LogP) is 4.51. The second-order valence-corrected chi connectivity index (χ2v) is 5.59. The van der Waals surface area contributed by atoms with Crippen molar-refractivity contribution in [3.05, 3.63) is 76.4 Å². The number of para-hydroxylation sites is 1. The monoisotopic (exact) mass is 296 g/mol. The highest BCUT2D eigenvalue weighted by atomic mass is 35.5. The fraction of sp³-hybridized carbons (Fsp3) is 0.167. The van der Waals surface area contributed by atoms with E-state index in [1.165, 1.54) is 10.9 Å². The smallest absolute Gasteiger partial charge is 0.0749 e. The molecule has 0 saturated carbocycles. The van der Waals surface area contributed by atoms with Crippen LogP contribution in [0.25, 0.3) is 10.9 Å². The Morgan fingerprint density at radius 1 is 1.05 bits per heavy atom. The number of aryl methyl sites for hydroxylation is 1. The number of hydrogen-bond acceptors (Lipinski definition) is 2. The fourth-order valence-electron chi connectivity index (χ4n) is 2.69. The molecule has 0 radical (unpaired) electrons. The Bertz CT molecular complexity index is 783. The number of aromatic nitrogens is 1. The summed E-state index contributed by atoms with van der Waals surface area (Å²) >= 11 is 6.11. The maximum Gasteiger partial charge on any atom is 0.0749 e. The summed E-state index contributed by atoms with van der Waals surface area (Å²) in [5.74, 6) is 0. The van der Waals surface area contributed by atoms with Crippen molar-refractivity contribution in [2.24, 2.45) is 0 Å². The molecule has 2 nitrogen and oxygen atoms in total. The second-order valence-electron chi connectivity index (χ2n) is 5.16. The number of nitrogens with zero attached hydrogens (tertiary/aromatic N) is 1. The summed E-state index contributed by atoms with van der Waals surface area (Å²) in [5, 5.41) is 5.27. The van der Waals surface area contributed by atoms with Crippen LogP contribution in [-0.2, 0) is 0 Å². The van der Waals surface area contributed by atoms with Crippen LogP contribution >= 0.6 is 11.6 Å². The zero-order chi connectivity index (χ0) is 14.8. The molecule has 1 unspecified atom stereocenters. The molecule has 0 aliphatic rings. The summed E-state index contributed by atoms with van der Waals surface area (Å²) in [6, 6.07) is 18.3. The lowest BCUT2D eigenvalue weighted by Crippen LogP contribution is -2.19. The van der Waals surface area contributed by atoms with Crippen LogP contribution in [-0.4, -0.2) is 12.0 Å². The Kier molecular flexibility index (Phi) is 3.91. The summed E-state index contributed by atoms with van der Waals surface area (Å²) in [5.41, 5.74) is 4.39. The SMILES string of the molecule is CNC(c1cccc(Cl)c1)c1cc(C)c2ccccc2n1. The van der Waals surface area contributed by atoms with E-state index < -0.39 is 0 Å². The van der Waals surface area contributed by atoms with Gasteiger partial charge in [-0.25, -0.2) is 0 Å². The Hall–Kier alpha value is -1.90. The summed E-state index contributed by atoms with van der Waals surface area (Å²) in [4.78, 5) is 4.81. The standard InChI is InChI=1S/C18H17ClN2/c1-12-10-17(21-16-9-4-3-8-15(12)16)18(20-2)13-6-5-7-14(19)11-13/h3-11,18,20H,1-2H3. The highest BCUT2D eigenvalue weighted by molar-refractivity contribution is 6.30. The van der Waals surface area contributed by atoms with Gasteiger partial charge in [0.2, 0.25) is 0 Å². The Balaban J connectivity index is 2.13. The fourth-order valence-corrected chi connectivity index (χ4v) is 2.89. The van der Waals surface area contributed by atoms with Crippen molar-refractivity contribution in [2.45, 2.75) is 13.0 Å². The molecule has 3 rings (SSSR count). The molecule has 21 heavy (non-hydrogen) atoms. The quantitative estimate of drug-likeness (QED) is 0.769. The van der Waals surface area contributed by atoms with E-state index in [2.05, 4.69) is 36.5 Å². The number of pyridine rings is 1. The largest absolute Gasteiger partial charge is 0.308 e. The minimum atomic E-state index is 0.0343. The lowest BCUT2D eigenvalue weighted by atomic mass is 10.0. The third-order valence-electron chi connectivity index (χ3n) is 3.71. The van der Waals surface area contributed by atoms with Crippen molar-refractivity contribution < 1.29 is 0 Å². The summed E-state index contributed by atoms with van der Waals surface area (Å²) < 4.78 is 0. The number of hydrogen-bond donors (Lipinski definition) is 1. The van der Waals surface area contributed by atoms with E-state index in [0.29, 0.717) is 0 Å². The first-order chi connectivity index (χ1) is 10.2. The molecule has 0 aliphatic heterocycles. The third kappa shape index (κ3) is 2.78. The van der Waals surface area contributed by atoms with Crippen molar-refractivity contribution in [3.8, 4) is 0 Å². The lowest BCUT2D eigenvalue weighted by Gasteiger charge is -2.18. The van der Waals surface area contributed by atoms with E-state index in [1.807, 2.05) is 37.4 Å². The molecule has 1 atom stereocenters. The van der Waals surface area contributed by atoms with Gasteiger partial charge in [0.05, 0.1) is 17.3 Å². The van der Waals surface area contributed by atoms with Crippen LogP contribution in [0.5, 0.6) is 0 Å². The zero-order valence-electron chi connectivity index (χ0n) is 12.1. The Morgan fingerprint density at radius 3 is 2.62 bits per heavy atom. The van der Waals surface area contributed by atoms with Gasteiger partial charge in [0, 0.05) is 10.4 Å². The summed E-state index contributed by atoms with van der Waals surface area (Å²) in [6.45, 7) is 2.12. The summed E-state index contributed by atoms with van der Waals surface area (Å²) in [7, 11) is 1.94. The highest BCUT2D eigenvalue weighted by Gasteiger charge is 2.15. The van der Waals surface area contributed by atoms with Crippen molar-refractivity contribution in [3.63, 3.8) is 0 Å². The zero-order valence-corrected chi connectivity index (χ0v) is 12.9. The molecular formula is C18H17ClN2. The maximum atomic E-state index is 6.11.